The molecule has 1 heterocycles. The van der Waals surface area contributed by atoms with Gasteiger partial charge in [-0.3, -0.25) is 9.48 Å². The Labute approximate surface area is 155 Å². The number of aromatic nitrogens is 2. The number of carbonyl (C=O) groups is 1. The molecule has 1 N–H and O–H groups in total. The number of rotatable bonds is 4. The predicted molar refractivity (Wildman–Crippen MR) is 86.5 cm³/mol. The number of hydrogen-bond donors (Lipinski definition) is 1. The molecule has 1 aromatic heterocycles. The molecule has 28 heavy (non-hydrogen) atoms. The van der Waals surface area contributed by atoms with E-state index in [1.807, 2.05) is 0 Å². The number of nitrogens with one attached hydrogen (secondary N) is 1. The fourth-order valence-corrected chi connectivity index (χ4v) is 2.54. The summed E-state index contributed by atoms with van der Waals surface area (Å²) in [6, 6.07) is 6.71. The Balaban J connectivity index is 1.80. The Morgan fingerprint density at radius 2 is 1.79 bits per heavy atom. The van der Waals surface area contributed by atoms with Gasteiger partial charge >= 0.3 is 6.18 Å². The van der Waals surface area contributed by atoms with Crippen molar-refractivity contribution in [2.75, 3.05) is 5.32 Å². The second kappa shape index (κ2) is 7.29. The molecule has 0 saturated heterocycles. The van der Waals surface area contributed by atoms with Gasteiger partial charge in [-0.1, -0.05) is 24.3 Å². The van der Waals surface area contributed by atoms with Gasteiger partial charge in [-0.05, 0) is 17.7 Å². The first kappa shape index (κ1) is 19.3. The largest absolute Gasteiger partial charge is 0.872 e. The molecule has 0 aliphatic heterocycles. The zero-order valence-corrected chi connectivity index (χ0v) is 13.9. The Hall–Kier alpha value is -3.43. The molecular formula is C18H11F5N3O2-. The third kappa shape index (κ3) is 4.11. The normalized spacial score (nSPS) is 11.5. The summed E-state index contributed by atoms with van der Waals surface area (Å²) in [7, 11) is 0. The van der Waals surface area contributed by atoms with Gasteiger partial charge in [-0.2, -0.15) is 18.3 Å². The van der Waals surface area contributed by atoms with Gasteiger partial charge in [0.2, 0.25) is 0 Å². The summed E-state index contributed by atoms with van der Waals surface area (Å²) in [6.45, 7) is -0.334. The monoisotopic (exact) mass is 396 g/mol. The van der Waals surface area contributed by atoms with Crippen LogP contribution in [0.1, 0.15) is 21.5 Å². The molecule has 0 spiro atoms. The van der Waals surface area contributed by atoms with Crippen LogP contribution < -0.4 is 10.4 Å². The SMILES string of the molecule is O=C(Nc1ccn(Cc2ccc([O-])cc2C(F)(F)F)n1)c1c(F)cccc1F. The molecule has 0 aliphatic carbocycles. The minimum Gasteiger partial charge on any atom is -0.872 e. The van der Waals surface area contributed by atoms with E-state index in [1.165, 1.54) is 12.3 Å². The zero-order chi connectivity index (χ0) is 20.5. The van der Waals surface area contributed by atoms with Crippen LogP contribution in [0.15, 0.2) is 48.7 Å². The fraction of sp³-hybridized carbons (Fsp3) is 0.111. The first-order valence-corrected chi connectivity index (χ1v) is 7.81. The summed E-state index contributed by atoms with van der Waals surface area (Å²) >= 11 is 0. The van der Waals surface area contributed by atoms with Crippen molar-refractivity contribution in [3.63, 3.8) is 0 Å². The Kier molecular flexibility index (Phi) is 5.04. The van der Waals surface area contributed by atoms with Gasteiger partial charge < -0.3 is 10.4 Å². The summed E-state index contributed by atoms with van der Waals surface area (Å²) in [4.78, 5) is 12.0. The van der Waals surface area contributed by atoms with E-state index in [2.05, 4.69) is 10.4 Å². The standard InChI is InChI=1S/C18H12F5N3O2/c19-13-2-1-3-14(20)16(13)17(28)24-15-6-7-26(25-15)9-10-4-5-11(27)8-12(10)18(21,22)23/h1-8,27H,9H2,(H,24,25,28)/p-1. The number of anilines is 1. The molecule has 10 heteroatoms. The van der Waals surface area contributed by atoms with E-state index in [9.17, 15) is 31.9 Å². The Bertz CT molecular complexity index is 1010. The van der Waals surface area contributed by atoms with Gasteiger partial charge in [-0.25, -0.2) is 8.78 Å². The minimum atomic E-state index is -4.72. The first-order chi connectivity index (χ1) is 13.1. The average molecular weight is 396 g/mol. The van der Waals surface area contributed by atoms with Crippen molar-refractivity contribution in [3.8, 4) is 5.75 Å². The highest BCUT2D eigenvalue weighted by Gasteiger charge is 2.33. The lowest BCUT2D eigenvalue weighted by atomic mass is 10.1. The van der Waals surface area contributed by atoms with E-state index < -0.39 is 40.6 Å². The third-order valence-corrected chi connectivity index (χ3v) is 3.79. The van der Waals surface area contributed by atoms with E-state index in [1.54, 1.807) is 0 Å². The number of carbonyl (C=O) groups excluding carboxylic acids is 1. The van der Waals surface area contributed by atoms with E-state index in [0.29, 0.717) is 6.07 Å². The number of halogens is 5. The highest BCUT2D eigenvalue weighted by Crippen LogP contribution is 2.34. The van der Waals surface area contributed by atoms with Gasteiger partial charge in [0.1, 0.15) is 17.2 Å². The lowest BCUT2D eigenvalue weighted by Gasteiger charge is -2.16. The van der Waals surface area contributed by atoms with Crippen molar-refractivity contribution in [1.29, 1.82) is 0 Å². The van der Waals surface area contributed by atoms with Crippen molar-refractivity contribution in [3.05, 3.63) is 77.0 Å². The smallest absolute Gasteiger partial charge is 0.416 e. The van der Waals surface area contributed by atoms with Crippen LogP contribution in [0.4, 0.5) is 27.8 Å². The highest BCUT2D eigenvalue weighted by atomic mass is 19.4. The molecule has 0 radical (unpaired) electrons. The number of nitrogens with zero attached hydrogens (tertiary/aromatic N) is 2. The van der Waals surface area contributed by atoms with Gasteiger partial charge in [0.15, 0.2) is 5.82 Å². The lowest BCUT2D eigenvalue weighted by Crippen LogP contribution is -2.17. The fourth-order valence-electron chi connectivity index (χ4n) is 2.54. The molecule has 5 nitrogen and oxygen atoms in total. The van der Waals surface area contributed by atoms with Gasteiger partial charge in [0, 0.05) is 12.3 Å². The second-order valence-corrected chi connectivity index (χ2v) is 5.77. The van der Waals surface area contributed by atoms with Crippen molar-refractivity contribution in [1.82, 2.24) is 9.78 Å². The van der Waals surface area contributed by atoms with E-state index in [0.717, 1.165) is 35.0 Å². The molecule has 2 aromatic carbocycles. The van der Waals surface area contributed by atoms with Crippen LogP contribution >= 0.6 is 0 Å². The quantitative estimate of drug-likeness (QED) is 0.686. The first-order valence-electron chi connectivity index (χ1n) is 7.81. The maximum Gasteiger partial charge on any atom is 0.416 e. The van der Waals surface area contributed by atoms with Crippen LogP contribution in [0.2, 0.25) is 0 Å². The number of amides is 1. The minimum absolute atomic E-state index is 0.110. The molecule has 3 aromatic rings. The molecule has 0 unspecified atom stereocenters. The van der Waals surface area contributed by atoms with Crippen molar-refractivity contribution in [2.45, 2.75) is 12.7 Å². The van der Waals surface area contributed by atoms with Gasteiger partial charge in [0.25, 0.3) is 5.91 Å². The molecule has 0 fully saturated rings. The Morgan fingerprint density at radius 3 is 2.43 bits per heavy atom. The van der Waals surface area contributed by atoms with Crippen molar-refractivity contribution >= 4 is 11.7 Å². The molecule has 0 saturated carbocycles. The molecular weight excluding hydrogens is 385 g/mol. The van der Waals surface area contributed by atoms with Crippen LogP contribution in [-0.4, -0.2) is 15.7 Å². The topological polar surface area (TPSA) is 70.0 Å². The van der Waals surface area contributed by atoms with Crippen LogP contribution in [-0.2, 0) is 12.7 Å². The molecule has 146 valence electrons. The summed E-state index contributed by atoms with van der Waals surface area (Å²) in [6.07, 6.45) is -3.44. The highest BCUT2D eigenvalue weighted by molar-refractivity contribution is 6.04. The summed E-state index contributed by atoms with van der Waals surface area (Å²) in [5.74, 6) is -4.11. The molecule has 0 atom stereocenters. The van der Waals surface area contributed by atoms with Gasteiger partial charge in [-0.15, -0.1) is 5.75 Å². The number of benzene rings is 2. The number of alkyl halides is 3. The maximum absolute atomic E-state index is 13.6. The predicted octanol–water partition coefficient (Wildman–Crippen LogP) is 3.55. The summed E-state index contributed by atoms with van der Waals surface area (Å²) < 4.78 is 67.6. The Morgan fingerprint density at radius 1 is 1.11 bits per heavy atom. The molecule has 0 aliphatic rings. The second-order valence-electron chi connectivity index (χ2n) is 5.77. The lowest BCUT2D eigenvalue weighted by molar-refractivity contribution is -0.269. The van der Waals surface area contributed by atoms with Gasteiger partial charge in [0.05, 0.1) is 12.1 Å². The maximum atomic E-state index is 13.6. The molecule has 3 rings (SSSR count). The molecule has 1 amide bonds. The summed E-state index contributed by atoms with van der Waals surface area (Å²) in [5, 5.41) is 17.3. The van der Waals surface area contributed by atoms with Crippen LogP contribution in [0, 0.1) is 11.6 Å². The van der Waals surface area contributed by atoms with Crippen molar-refractivity contribution in [2.24, 2.45) is 0 Å². The number of hydrogen-bond acceptors (Lipinski definition) is 3. The van der Waals surface area contributed by atoms with Crippen LogP contribution in [0.5, 0.6) is 5.75 Å². The third-order valence-electron chi connectivity index (χ3n) is 3.79. The zero-order valence-electron chi connectivity index (χ0n) is 13.9. The summed E-state index contributed by atoms with van der Waals surface area (Å²) in [5.41, 5.74) is -2.09. The van der Waals surface area contributed by atoms with E-state index >= 15 is 0 Å². The molecule has 0 bridgehead atoms. The van der Waals surface area contributed by atoms with E-state index in [-0.39, 0.29) is 17.9 Å². The van der Waals surface area contributed by atoms with E-state index in [4.69, 9.17) is 0 Å². The van der Waals surface area contributed by atoms with Crippen LogP contribution in [0.25, 0.3) is 0 Å². The van der Waals surface area contributed by atoms with Crippen molar-refractivity contribution < 1.29 is 31.9 Å². The van der Waals surface area contributed by atoms with Crippen LogP contribution in [0.3, 0.4) is 0 Å². The average Bonchev–Trinajstić information content (AvgIpc) is 3.02.